The molecular formula is C29H33F3N2O4. The molecule has 2 aromatic rings. The van der Waals surface area contributed by atoms with Crippen LogP contribution in [0.25, 0.3) is 6.08 Å². The second kappa shape index (κ2) is 10.9. The van der Waals surface area contributed by atoms with Crippen LogP contribution >= 0.6 is 0 Å². The van der Waals surface area contributed by atoms with Crippen LogP contribution in [0.15, 0.2) is 54.6 Å². The second-order valence-corrected chi connectivity index (χ2v) is 10.3. The normalized spacial score (nSPS) is 26.1. The van der Waals surface area contributed by atoms with Crippen LogP contribution in [-0.4, -0.2) is 55.7 Å². The van der Waals surface area contributed by atoms with Gasteiger partial charge in [-0.05, 0) is 80.7 Å². The van der Waals surface area contributed by atoms with E-state index in [9.17, 15) is 22.8 Å². The van der Waals surface area contributed by atoms with Crippen LogP contribution < -0.4 is 10.1 Å². The highest BCUT2D eigenvalue weighted by molar-refractivity contribution is 5.92. The third kappa shape index (κ3) is 5.78. The number of carbonyl (C=O) groups is 2. The van der Waals surface area contributed by atoms with E-state index in [1.54, 1.807) is 13.2 Å². The molecule has 2 fully saturated rings. The number of benzene rings is 2. The van der Waals surface area contributed by atoms with Gasteiger partial charge >= 0.3 is 12.1 Å². The number of ether oxygens (including phenoxy) is 2. The molecule has 1 saturated heterocycles. The summed E-state index contributed by atoms with van der Waals surface area (Å²) < 4.78 is 50.7. The van der Waals surface area contributed by atoms with E-state index in [1.807, 2.05) is 18.2 Å². The molecule has 204 valence electrons. The van der Waals surface area contributed by atoms with E-state index in [0.717, 1.165) is 37.2 Å². The molecule has 38 heavy (non-hydrogen) atoms. The fourth-order valence-corrected chi connectivity index (χ4v) is 6.09. The molecule has 1 saturated carbocycles. The molecule has 0 bridgehead atoms. The number of halogens is 3. The zero-order valence-electron chi connectivity index (χ0n) is 21.8. The first-order valence-corrected chi connectivity index (χ1v) is 12.6. The largest absolute Gasteiger partial charge is 0.427 e. The van der Waals surface area contributed by atoms with Gasteiger partial charge in [0.25, 0.3) is 0 Å². The summed E-state index contributed by atoms with van der Waals surface area (Å²) in [5.41, 5.74) is -0.408. The Kier molecular flexibility index (Phi) is 7.99. The minimum absolute atomic E-state index is 0.169. The fraction of sp³-hybridized carbons (Fsp3) is 0.448. The average Bonchev–Trinajstić information content (AvgIpc) is 2.87. The maximum atomic E-state index is 13.0. The van der Waals surface area contributed by atoms with Crippen LogP contribution in [0.5, 0.6) is 5.75 Å². The Morgan fingerprint density at radius 1 is 1.13 bits per heavy atom. The number of fused-ring (bicyclic) bond motifs is 1. The standard InChI is InChI=1S/C29H33F3N2O4/c1-20(35)38-25-9-5-7-22(17-25)27-14-15-34(2)19-28(27,37-3)13-12-24(18-27)33-26(36)11-10-21-6-4-8-23(16-21)29(30,31)32/h4-11,16-17,24H,12-15,18-19H2,1-3H3,(H,33,36)/b11-10+. The van der Waals surface area contributed by atoms with Crippen LogP contribution in [0.4, 0.5) is 13.2 Å². The lowest BCUT2D eigenvalue weighted by Gasteiger charge is -2.59. The predicted octanol–water partition coefficient (Wildman–Crippen LogP) is 4.97. The number of piperidine rings is 1. The number of alkyl halides is 3. The summed E-state index contributed by atoms with van der Waals surface area (Å²) in [4.78, 5) is 26.7. The number of nitrogens with one attached hydrogen (secondary N) is 1. The van der Waals surface area contributed by atoms with Crippen molar-refractivity contribution in [2.24, 2.45) is 0 Å². The van der Waals surface area contributed by atoms with Crippen molar-refractivity contribution >= 4 is 18.0 Å². The topological polar surface area (TPSA) is 67.9 Å². The predicted molar refractivity (Wildman–Crippen MR) is 138 cm³/mol. The number of hydrogen-bond donors (Lipinski definition) is 1. The minimum atomic E-state index is -4.45. The first-order valence-electron chi connectivity index (χ1n) is 12.6. The van der Waals surface area contributed by atoms with Crippen molar-refractivity contribution in [3.63, 3.8) is 0 Å². The summed E-state index contributed by atoms with van der Waals surface area (Å²) in [6, 6.07) is 12.2. The van der Waals surface area contributed by atoms with Crippen molar-refractivity contribution in [2.75, 3.05) is 27.2 Å². The number of rotatable bonds is 6. The number of carbonyl (C=O) groups excluding carboxylic acids is 2. The molecule has 0 aromatic heterocycles. The van der Waals surface area contributed by atoms with E-state index in [-0.39, 0.29) is 11.9 Å². The lowest BCUT2D eigenvalue weighted by Crippen LogP contribution is -2.67. The Bertz CT molecular complexity index is 1210. The molecule has 3 atom stereocenters. The van der Waals surface area contributed by atoms with E-state index < -0.39 is 28.7 Å². The smallest absolute Gasteiger partial charge is 0.416 e. The molecule has 3 unspecified atom stereocenters. The summed E-state index contributed by atoms with van der Waals surface area (Å²) in [5.74, 6) is -0.306. The molecule has 4 rings (SSSR count). The van der Waals surface area contributed by atoms with Gasteiger partial charge in [-0.15, -0.1) is 0 Å². The molecule has 1 heterocycles. The van der Waals surface area contributed by atoms with Gasteiger partial charge in [-0.3, -0.25) is 9.59 Å². The third-order valence-electron chi connectivity index (χ3n) is 7.84. The quantitative estimate of drug-likeness (QED) is 0.325. The number of likely N-dealkylation sites (tertiary alicyclic amines) is 1. The van der Waals surface area contributed by atoms with Crippen molar-refractivity contribution in [1.82, 2.24) is 10.2 Å². The summed E-state index contributed by atoms with van der Waals surface area (Å²) in [5, 5.41) is 3.06. The van der Waals surface area contributed by atoms with Crippen LogP contribution in [-0.2, 0) is 25.9 Å². The molecule has 1 N–H and O–H groups in total. The van der Waals surface area contributed by atoms with E-state index in [2.05, 4.69) is 17.3 Å². The van der Waals surface area contributed by atoms with Crippen LogP contribution in [0.1, 0.15) is 49.3 Å². The fourth-order valence-electron chi connectivity index (χ4n) is 6.09. The molecule has 0 spiro atoms. The highest BCUT2D eigenvalue weighted by Crippen LogP contribution is 2.53. The summed E-state index contributed by atoms with van der Waals surface area (Å²) in [6.45, 7) is 2.91. The zero-order valence-corrected chi connectivity index (χ0v) is 21.8. The minimum Gasteiger partial charge on any atom is -0.427 e. The Labute approximate surface area is 220 Å². The molecule has 1 aliphatic heterocycles. The van der Waals surface area contributed by atoms with Gasteiger partial charge in [0.05, 0.1) is 11.2 Å². The third-order valence-corrected chi connectivity index (χ3v) is 7.84. The van der Waals surface area contributed by atoms with Crippen molar-refractivity contribution in [1.29, 1.82) is 0 Å². The van der Waals surface area contributed by atoms with Gasteiger partial charge < -0.3 is 19.7 Å². The SMILES string of the molecule is COC12CCC(NC(=O)/C=C/c3cccc(C(F)(F)F)c3)CC1(c1cccc(OC(C)=O)c1)CCN(C)C2. The van der Waals surface area contributed by atoms with Crippen LogP contribution in [0.2, 0.25) is 0 Å². The van der Waals surface area contributed by atoms with Gasteiger partial charge in [-0.25, -0.2) is 0 Å². The Morgan fingerprint density at radius 2 is 1.89 bits per heavy atom. The second-order valence-electron chi connectivity index (χ2n) is 10.3. The Morgan fingerprint density at radius 3 is 2.61 bits per heavy atom. The van der Waals surface area contributed by atoms with E-state index in [1.165, 1.54) is 31.2 Å². The van der Waals surface area contributed by atoms with E-state index in [0.29, 0.717) is 30.6 Å². The summed E-state index contributed by atoms with van der Waals surface area (Å²) >= 11 is 0. The molecule has 2 aliphatic rings. The average molecular weight is 531 g/mol. The first-order chi connectivity index (χ1) is 18.0. The molecule has 2 aromatic carbocycles. The Balaban J connectivity index is 1.57. The zero-order chi connectivity index (χ0) is 27.6. The molecule has 9 heteroatoms. The van der Waals surface area contributed by atoms with Crippen LogP contribution in [0, 0.1) is 0 Å². The van der Waals surface area contributed by atoms with Gasteiger partial charge in [0.1, 0.15) is 5.75 Å². The van der Waals surface area contributed by atoms with Gasteiger partial charge in [-0.2, -0.15) is 13.2 Å². The van der Waals surface area contributed by atoms with Crippen molar-refractivity contribution < 1.29 is 32.2 Å². The lowest BCUT2D eigenvalue weighted by atomic mass is 9.55. The highest BCUT2D eigenvalue weighted by Gasteiger charge is 2.58. The summed E-state index contributed by atoms with van der Waals surface area (Å²) in [6.07, 6.45) is 1.01. The monoisotopic (exact) mass is 530 g/mol. The lowest BCUT2D eigenvalue weighted by molar-refractivity contribution is -0.147. The summed E-state index contributed by atoms with van der Waals surface area (Å²) in [7, 11) is 3.78. The van der Waals surface area contributed by atoms with E-state index >= 15 is 0 Å². The van der Waals surface area contributed by atoms with Gasteiger partial charge in [-0.1, -0.05) is 24.3 Å². The molecule has 1 aliphatic carbocycles. The molecule has 0 radical (unpaired) electrons. The first kappa shape index (κ1) is 27.9. The maximum Gasteiger partial charge on any atom is 0.416 e. The number of esters is 1. The maximum absolute atomic E-state index is 13.0. The van der Waals surface area contributed by atoms with Crippen molar-refractivity contribution in [2.45, 2.75) is 55.8 Å². The number of hydrogen-bond acceptors (Lipinski definition) is 5. The van der Waals surface area contributed by atoms with Crippen molar-refractivity contribution in [3.8, 4) is 5.75 Å². The Hall–Kier alpha value is -3.17. The van der Waals surface area contributed by atoms with Gasteiger partial charge in [0, 0.05) is 38.1 Å². The number of likely N-dealkylation sites (N-methyl/N-ethyl adjacent to an activating group) is 1. The van der Waals surface area contributed by atoms with Gasteiger partial charge in [0.15, 0.2) is 0 Å². The van der Waals surface area contributed by atoms with Crippen molar-refractivity contribution in [3.05, 3.63) is 71.3 Å². The number of amides is 1. The van der Waals surface area contributed by atoms with E-state index in [4.69, 9.17) is 9.47 Å². The van der Waals surface area contributed by atoms with Gasteiger partial charge in [0.2, 0.25) is 5.91 Å². The highest BCUT2D eigenvalue weighted by atomic mass is 19.4. The number of methoxy groups -OCH3 is 1. The van der Waals surface area contributed by atoms with Crippen LogP contribution in [0.3, 0.4) is 0 Å². The molecule has 1 amide bonds. The number of nitrogens with zero attached hydrogens (tertiary/aromatic N) is 1. The molecular weight excluding hydrogens is 497 g/mol. The molecule has 6 nitrogen and oxygen atoms in total.